The number of nitrogens with one attached hydrogen (secondary N) is 1. The molecule has 0 amide bonds. The quantitative estimate of drug-likeness (QED) is 0.682. The topological polar surface area (TPSA) is 12.0 Å². The van der Waals surface area contributed by atoms with Crippen molar-refractivity contribution in [2.24, 2.45) is 5.41 Å². The van der Waals surface area contributed by atoms with Gasteiger partial charge in [-0.3, -0.25) is 0 Å². The van der Waals surface area contributed by atoms with Crippen LogP contribution >= 0.6 is 11.3 Å². The molecule has 98 valence electrons. The first-order chi connectivity index (χ1) is 8.07. The molecule has 1 aromatic rings. The Balaban J connectivity index is 2.37. The third kappa shape index (κ3) is 5.69. The van der Waals surface area contributed by atoms with E-state index in [0.29, 0.717) is 5.41 Å². The first-order valence-electron chi connectivity index (χ1n) is 6.85. The second-order valence-electron chi connectivity index (χ2n) is 5.56. The van der Waals surface area contributed by atoms with Gasteiger partial charge in [0, 0.05) is 9.75 Å². The van der Waals surface area contributed by atoms with Gasteiger partial charge in [-0.1, -0.05) is 27.7 Å². The Morgan fingerprint density at radius 1 is 1.12 bits per heavy atom. The van der Waals surface area contributed by atoms with E-state index in [1.807, 2.05) is 11.3 Å². The maximum Gasteiger partial charge on any atom is 0.00534 e. The van der Waals surface area contributed by atoms with E-state index in [-0.39, 0.29) is 0 Å². The van der Waals surface area contributed by atoms with Crippen molar-refractivity contribution in [2.75, 3.05) is 13.1 Å². The molecule has 1 aromatic heterocycles. The minimum atomic E-state index is 0.413. The summed E-state index contributed by atoms with van der Waals surface area (Å²) >= 11 is 1.98. The summed E-state index contributed by atoms with van der Waals surface area (Å²) in [4.78, 5) is 3.06. The fraction of sp³-hybridized carbons (Fsp3) is 0.733. The fourth-order valence-electron chi connectivity index (χ4n) is 2.00. The molecule has 0 spiro atoms. The van der Waals surface area contributed by atoms with Gasteiger partial charge in [0.05, 0.1) is 0 Å². The SMILES string of the molecule is CCCNCCC(C)(C)Cc1ccc(CC)s1. The summed E-state index contributed by atoms with van der Waals surface area (Å²) in [6, 6.07) is 4.59. The summed E-state index contributed by atoms with van der Waals surface area (Å²) in [6.45, 7) is 11.5. The Bertz CT molecular complexity index is 314. The third-order valence-electron chi connectivity index (χ3n) is 3.12. The highest BCUT2D eigenvalue weighted by Gasteiger charge is 2.18. The number of thiophene rings is 1. The largest absolute Gasteiger partial charge is 0.317 e. The van der Waals surface area contributed by atoms with E-state index in [4.69, 9.17) is 0 Å². The minimum Gasteiger partial charge on any atom is -0.317 e. The summed E-state index contributed by atoms with van der Waals surface area (Å²) < 4.78 is 0. The number of hydrogen-bond donors (Lipinski definition) is 1. The van der Waals surface area contributed by atoms with Crippen LogP contribution in [-0.2, 0) is 12.8 Å². The zero-order valence-corrected chi connectivity index (χ0v) is 12.6. The van der Waals surface area contributed by atoms with Crippen molar-refractivity contribution in [3.8, 4) is 0 Å². The normalized spacial score (nSPS) is 12.0. The highest BCUT2D eigenvalue weighted by Crippen LogP contribution is 2.29. The summed E-state index contributed by atoms with van der Waals surface area (Å²) in [7, 11) is 0. The standard InChI is InChI=1S/C15H27NS/c1-5-10-16-11-9-15(3,4)12-14-8-7-13(6-2)17-14/h7-8,16H,5-6,9-12H2,1-4H3. The average molecular weight is 253 g/mol. The van der Waals surface area contributed by atoms with Gasteiger partial charge >= 0.3 is 0 Å². The molecule has 1 nitrogen and oxygen atoms in total. The van der Waals surface area contributed by atoms with Crippen LogP contribution in [0.15, 0.2) is 12.1 Å². The lowest BCUT2D eigenvalue weighted by Crippen LogP contribution is -2.24. The Hall–Kier alpha value is -0.340. The molecule has 0 saturated carbocycles. The zero-order valence-electron chi connectivity index (χ0n) is 11.8. The highest BCUT2D eigenvalue weighted by molar-refractivity contribution is 7.11. The maximum absolute atomic E-state index is 3.50. The van der Waals surface area contributed by atoms with Crippen molar-refractivity contribution in [1.29, 1.82) is 0 Å². The van der Waals surface area contributed by atoms with Crippen LogP contribution in [0, 0.1) is 5.41 Å². The van der Waals surface area contributed by atoms with Crippen LogP contribution in [0.3, 0.4) is 0 Å². The lowest BCUT2D eigenvalue weighted by Gasteiger charge is -2.24. The molecule has 17 heavy (non-hydrogen) atoms. The summed E-state index contributed by atoms with van der Waals surface area (Å²) in [5.41, 5.74) is 0.413. The molecule has 1 heterocycles. The molecule has 0 aliphatic heterocycles. The number of hydrogen-bond acceptors (Lipinski definition) is 2. The number of aryl methyl sites for hydroxylation is 1. The van der Waals surface area contributed by atoms with Crippen LogP contribution < -0.4 is 5.32 Å². The van der Waals surface area contributed by atoms with E-state index in [2.05, 4.69) is 45.1 Å². The minimum absolute atomic E-state index is 0.413. The van der Waals surface area contributed by atoms with E-state index in [0.717, 1.165) is 13.1 Å². The first-order valence-corrected chi connectivity index (χ1v) is 7.67. The molecule has 0 aliphatic rings. The van der Waals surface area contributed by atoms with Gasteiger partial charge in [0.2, 0.25) is 0 Å². The van der Waals surface area contributed by atoms with Gasteiger partial charge in [0.1, 0.15) is 0 Å². The second kappa shape index (κ2) is 7.17. The molecule has 2 heteroatoms. The highest BCUT2D eigenvalue weighted by atomic mass is 32.1. The van der Waals surface area contributed by atoms with Gasteiger partial charge in [0.25, 0.3) is 0 Å². The van der Waals surface area contributed by atoms with Crippen molar-refractivity contribution < 1.29 is 0 Å². The summed E-state index contributed by atoms with van der Waals surface area (Å²) in [5, 5.41) is 3.50. The molecule has 0 radical (unpaired) electrons. The molecule has 0 saturated heterocycles. The van der Waals surface area contributed by atoms with Gasteiger partial charge in [-0.25, -0.2) is 0 Å². The summed E-state index contributed by atoms with van der Waals surface area (Å²) in [5.74, 6) is 0. The average Bonchev–Trinajstić information content (AvgIpc) is 2.71. The predicted octanol–water partition coefficient (Wildman–Crippen LogP) is 4.27. The molecule has 0 atom stereocenters. The van der Waals surface area contributed by atoms with Crippen molar-refractivity contribution in [3.05, 3.63) is 21.9 Å². The third-order valence-corrected chi connectivity index (χ3v) is 4.35. The Morgan fingerprint density at radius 2 is 1.82 bits per heavy atom. The van der Waals surface area contributed by atoms with Gasteiger partial charge in [0.15, 0.2) is 0 Å². The molecule has 1 N–H and O–H groups in total. The Kier molecular flexibility index (Phi) is 6.21. The zero-order chi connectivity index (χ0) is 12.7. The molecule has 1 rings (SSSR count). The molecule has 0 bridgehead atoms. The molecule has 0 aromatic carbocycles. The molecule has 0 fully saturated rings. The Labute approximate surface area is 111 Å². The summed E-state index contributed by atoms with van der Waals surface area (Å²) in [6.07, 6.45) is 4.87. The van der Waals surface area contributed by atoms with Gasteiger partial charge < -0.3 is 5.32 Å². The monoisotopic (exact) mass is 253 g/mol. The van der Waals surface area contributed by atoms with E-state index in [1.165, 1.54) is 30.6 Å². The molecular weight excluding hydrogens is 226 g/mol. The predicted molar refractivity (Wildman–Crippen MR) is 79.0 cm³/mol. The number of rotatable bonds is 8. The van der Waals surface area contributed by atoms with Crippen molar-refractivity contribution in [2.45, 2.75) is 53.4 Å². The maximum atomic E-state index is 3.50. The van der Waals surface area contributed by atoms with Crippen LogP contribution in [0.4, 0.5) is 0 Å². The van der Waals surface area contributed by atoms with Gasteiger partial charge in [-0.05, 0) is 56.3 Å². The van der Waals surface area contributed by atoms with Crippen LogP contribution in [-0.4, -0.2) is 13.1 Å². The fourth-order valence-corrected chi connectivity index (χ4v) is 3.21. The molecule has 0 unspecified atom stereocenters. The van der Waals surface area contributed by atoms with Crippen LogP contribution in [0.2, 0.25) is 0 Å². The van der Waals surface area contributed by atoms with Crippen LogP contribution in [0.5, 0.6) is 0 Å². The van der Waals surface area contributed by atoms with E-state index >= 15 is 0 Å². The molecular formula is C15H27NS. The first kappa shape index (κ1) is 14.7. The van der Waals surface area contributed by atoms with Crippen molar-refractivity contribution in [1.82, 2.24) is 5.32 Å². The van der Waals surface area contributed by atoms with Crippen LogP contribution in [0.1, 0.15) is 50.3 Å². The second-order valence-corrected chi connectivity index (χ2v) is 6.82. The lowest BCUT2D eigenvalue weighted by atomic mass is 9.85. The smallest absolute Gasteiger partial charge is 0.00534 e. The van der Waals surface area contributed by atoms with Gasteiger partial charge in [-0.2, -0.15) is 0 Å². The van der Waals surface area contributed by atoms with Crippen LogP contribution in [0.25, 0.3) is 0 Å². The van der Waals surface area contributed by atoms with Crippen molar-refractivity contribution in [3.63, 3.8) is 0 Å². The van der Waals surface area contributed by atoms with E-state index in [9.17, 15) is 0 Å². The van der Waals surface area contributed by atoms with E-state index < -0.39 is 0 Å². The van der Waals surface area contributed by atoms with E-state index in [1.54, 1.807) is 4.88 Å². The molecule has 0 aliphatic carbocycles. The van der Waals surface area contributed by atoms with Gasteiger partial charge in [-0.15, -0.1) is 11.3 Å². The lowest BCUT2D eigenvalue weighted by molar-refractivity contribution is 0.328. The Morgan fingerprint density at radius 3 is 2.41 bits per heavy atom. The van der Waals surface area contributed by atoms with Crippen molar-refractivity contribution >= 4 is 11.3 Å².